The van der Waals surface area contributed by atoms with Crippen LogP contribution in [-0.4, -0.2) is 18.3 Å². The summed E-state index contributed by atoms with van der Waals surface area (Å²) in [6, 6.07) is 17.4. The van der Waals surface area contributed by atoms with Crippen molar-refractivity contribution in [2.24, 2.45) is 4.99 Å². The first-order chi connectivity index (χ1) is 13.5. The van der Waals surface area contributed by atoms with Crippen LogP contribution in [-0.2, 0) is 0 Å². The van der Waals surface area contributed by atoms with Gasteiger partial charge in [-0.1, -0.05) is 11.6 Å². The van der Waals surface area contributed by atoms with Crippen molar-refractivity contribution in [1.82, 2.24) is 4.98 Å². The van der Waals surface area contributed by atoms with Crippen LogP contribution in [0.2, 0.25) is 5.02 Å². The van der Waals surface area contributed by atoms with Gasteiger partial charge in [-0.3, -0.25) is 4.99 Å². The Kier molecular flexibility index (Phi) is 4.88. The van der Waals surface area contributed by atoms with Gasteiger partial charge in [-0.15, -0.1) is 0 Å². The number of hydrogen-bond donors (Lipinski definition) is 0. The van der Waals surface area contributed by atoms with E-state index in [4.69, 9.17) is 20.8 Å². The van der Waals surface area contributed by atoms with Crippen molar-refractivity contribution in [2.75, 3.05) is 7.11 Å². The lowest BCUT2D eigenvalue weighted by Gasteiger charge is -2.02. The van der Waals surface area contributed by atoms with Gasteiger partial charge in [0, 0.05) is 11.8 Å². The van der Waals surface area contributed by atoms with Gasteiger partial charge in [0.05, 0.1) is 17.8 Å². The molecule has 0 radical (unpaired) electrons. The van der Waals surface area contributed by atoms with Crippen LogP contribution in [0.25, 0.3) is 22.6 Å². The molecule has 1 aromatic heterocycles. The lowest BCUT2D eigenvalue weighted by molar-refractivity contribution is 0.415. The Morgan fingerprint density at radius 3 is 2.46 bits per heavy atom. The number of rotatable bonds is 4. The molecule has 0 N–H and O–H groups in total. The van der Waals surface area contributed by atoms with Crippen molar-refractivity contribution < 1.29 is 9.15 Å². The molecule has 3 aromatic carbocycles. The zero-order chi connectivity index (χ0) is 19.7. The van der Waals surface area contributed by atoms with E-state index in [0.29, 0.717) is 16.7 Å². The van der Waals surface area contributed by atoms with Crippen LogP contribution in [0.5, 0.6) is 5.75 Å². The number of fused-ring (bicyclic) bond motifs is 1. The van der Waals surface area contributed by atoms with E-state index in [0.717, 1.165) is 27.9 Å². The summed E-state index contributed by atoms with van der Waals surface area (Å²) in [5.74, 6) is 1.25. The molecular weight excluding hydrogens is 372 g/mol. The van der Waals surface area contributed by atoms with Crippen molar-refractivity contribution in [1.29, 1.82) is 0 Å². The second-order valence-corrected chi connectivity index (χ2v) is 7.03. The monoisotopic (exact) mass is 390 g/mol. The van der Waals surface area contributed by atoms with Gasteiger partial charge in [0.15, 0.2) is 5.58 Å². The number of aryl methyl sites for hydroxylation is 2. The molecule has 5 heteroatoms. The van der Waals surface area contributed by atoms with E-state index < -0.39 is 0 Å². The molecular formula is C23H19ClN2O2. The van der Waals surface area contributed by atoms with Gasteiger partial charge in [-0.2, -0.15) is 0 Å². The standard InChI is InChI=1S/C23H19ClN2O2/c1-14-10-20-22(11-15(14)2)28-23(26-20)17-5-7-18(8-6-17)25-13-16-4-9-21(27-3)19(24)12-16/h4-13H,1-3H3. The molecule has 4 aromatic rings. The zero-order valence-electron chi connectivity index (χ0n) is 15.9. The maximum absolute atomic E-state index is 6.15. The molecule has 0 aliphatic rings. The molecule has 0 amide bonds. The molecule has 1 heterocycles. The maximum Gasteiger partial charge on any atom is 0.227 e. The van der Waals surface area contributed by atoms with Crippen molar-refractivity contribution in [3.63, 3.8) is 0 Å². The number of ether oxygens (including phenoxy) is 1. The predicted octanol–water partition coefficient (Wildman–Crippen LogP) is 6.52. The molecule has 0 fully saturated rings. The molecule has 0 saturated heterocycles. The Bertz CT molecular complexity index is 1140. The van der Waals surface area contributed by atoms with Crippen molar-refractivity contribution >= 4 is 34.6 Å². The predicted molar refractivity (Wildman–Crippen MR) is 114 cm³/mol. The number of halogens is 1. The maximum atomic E-state index is 6.15. The van der Waals surface area contributed by atoms with Gasteiger partial charge in [-0.25, -0.2) is 4.98 Å². The SMILES string of the molecule is COc1ccc(C=Nc2ccc(-c3nc4cc(C)c(C)cc4o3)cc2)cc1Cl. The highest BCUT2D eigenvalue weighted by atomic mass is 35.5. The molecule has 140 valence electrons. The van der Waals surface area contributed by atoms with Gasteiger partial charge in [0.2, 0.25) is 5.89 Å². The van der Waals surface area contributed by atoms with Crippen molar-refractivity contribution in [3.05, 3.63) is 76.3 Å². The second-order valence-electron chi connectivity index (χ2n) is 6.62. The third-order valence-electron chi connectivity index (χ3n) is 4.66. The number of oxazole rings is 1. The highest BCUT2D eigenvalue weighted by molar-refractivity contribution is 6.32. The molecule has 0 bridgehead atoms. The summed E-state index contributed by atoms with van der Waals surface area (Å²) in [5, 5.41) is 0.559. The molecule has 0 atom stereocenters. The minimum absolute atomic E-state index is 0.559. The first-order valence-corrected chi connectivity index (χ1v) is 9.27. The number of aliphatic imine (C=N–C) groups is 1. The van der Waals surface area contributed by atoms with Gasteiger partial charge in [0.1, 0.15) is 11.3 Å². The van der Waals surface area contributed by atoms with Crippen LogP contribution in [0.1, 0.15) is 16.7 Å². The fourth-order valence-corrected chi connectivity index (χ4v) is 3.17. The van der Waals surface area contributed by atoms with E-state index in [9.17, 15) is 0 Å². The van der Waals surface area contributed by atoms with Crippen LogP contribution >= 0.6 is 11.6 Å². The molecule has 0 unspecified atom stereocenters. The third kappa shape index (κ3) is 3.64. The summed E-state index contributed by atoms with van der Waals surface area (Å²) in [4.78, 5) is 9.10. The summed E-state index contributed by atoms with van der Waals surface area (Å²) < 4.78 is 11.1. The molecule has 4 nitrogen and oxygen atoms in total. The van der Waals surface area contributed by atoms with Crippen molar-refractivity contribution in [2.45, 2.75) is 13.8 Å². The third-order valence-corrected chi connectivity index (χ3v) is 4.95. The van der Waals surface area contributed by atoms with Crippen molar-refractivity contribution in [3.8, 4) is 17.2 Å². The number of nitrogens with zero attached hydrogens (tertiary/aromatic N) is 2. The average Bonchev–Trinajstić information content (AvgIpc) is 3.10. The molecule has 0 aliphatic heterocycles. The molecule has 0 spiro atoms. The summed E-state index contributed by atoms with van der Waals surface area (Å²) in [6.45, 7) is 4.14. The number of benzene rings is 3. The van der Waals surface area contributed by atoms with Gasteiger partial charge in [0.25, 0.3) is 0 Å². The average molecular weight is 391 g/mol. The van der Waals surface area contributed by atoms with Gasteiger partial charge < -0.3 is 9.15 Å². The minimum atomic E-state index is 0.559. The van der Waals surface area contributed by atoms with Crippen LogP contribution in [0, 0.1) is 13.8 Å². The minimum Gasteiger partial charge on any atom is -0.495 e. The largest absolute Gasteiger partial charge is 0.495 e. The first-order valence-electron chi connectivity index (χ1n) is 8.89. The second kappa shape index (κ2) is 7.49. The lowest BCUT2D eigenvalue weighted by Crippen LogP contribution is -1.86. The van der Waals surface area contributed by atoms with Gasteiger partial charge >= 0.3 is 0 Å². The summed E-state index contributed by atoms with van der Waals surface area (Å²) in [5.41, 5.74) is 6.72. The Balaban J connectivity index is 1.56. The lowest BCUT2D eigenvalue weighted by atomic mass is 10.1. The summed E-state index contributed by atoms with van der Waals surface area (Å²) >= 11 is 6.15. The highest BCUT2D eigenvalue weighted by Gasteiger charge is 2.09. The van der Waals surface area contributed by atoms with E-state index >= 15 is 0 Å². The van der Waals surface area contributed by atoms with Crippen LogP contribution in [0.15, 0.2) is 64.0 Å². The topological polar surface area (TPSA) is 47.6 Å². The van der Waals surface area contributed by atoms with Crippen LogP contribution < -0.4 is 4.74 Å². The number of hydrogen-bond acceptors (Lipinski definition) is 4. The quantitative estimate of drug-likeness (QED) is 0.372. The summed E-state index contributed by atoms with van der Waals surface area (Å²) in [6.07, 6.45) is 1.77. The van der Waals surface area contributed by atoms with E-state index in [1.807, 2.05) is 48.5 Å². The number of methoxy groups -OCH3 is 1. The summed E-state index contributed by atoms with van der Waals surface area (Å²) in [7, 11) is 1.59. The molecule has 28 heavy (non-hydrogen) atoms. The fourth-order valence-electron chi connectivity index (χ4n) is 2.91. The highest BCUT2D eigenvalue weighted by Crippen LogP contribution is 2.28. The van der Waals surface area contributed by atoms with E-state index in [1.165, 1.54) is 11.1 Å². The molecule has 4 rings (SSSR count). The zero-order valence-corrected chi connectivity index (χ0v) is 16.6. The Morgan fingerprint density at radius 2 is 1.75 bits per heavy atom. The molecule has 0 aliphatic carbocycles. The Morgan fingerprint density at radius 1 is 1.00 bits per heavy atom. The van der Waals surface area contributed by atoms with E-state index in [1.54, 1.807) is 13.3 Å². The Labute approximate surface area is 168 Å². The first kappa shape index (κ1) is 18.3. The Hall–Kier alpha value is -3.11. The smallest absolute Gasteiger partial charge is 0.227 e. The molecule has 0 saturated carbocycles. The van der Waals surface area contributed by atoms with E-state index in [-0.39, 0.29) is 0 Å². The van der Waals surface area contributed by atoms with E-state index in [2.05, 4.69) is 29.9 Å². The van der Waals surface area contributed by atoms with Crippen LogP contribution in [0.3, 0.4) is 0 Å². The van der Waals surface area contributed by atoms with Gasteiger partial charge in [-0.05, 0) is 85.1 Å². The number of aromatic nitrogens is 1. The normalized spacial score (nSPS) is 11.4. The fraction of sp³-hybridized carbons (Fsp3) is 0.130. The van der Waals surface area contributed by atoms with Crippen LogP contribution in [0.4, 0.5) is 5.69 Å².